The molecule has 0 aromatic heterocycles. The van der Waals surface area contributed by atoms with E-state index in [1.807, 2.05) is 0 Å². The van der Waals surface area contributed by atoms with Gasteiger partial charge in [0.25, 0.3) is 0 Å². The van der Waals surface area contributed by atoms with Crippen LogP contribution in [0.3, 0.4) is 0 Å². The Kier molecular flexibility index (Phi) is 8.31. The summed E-state index contributed by atoms with van der Waals surface area (Å²) in [7, 11) is 3.74. The van der Waals surface area contributed by atoms with Crippen molar-refractivity contribution in [1.29, 1.82) is 0 Å². The monoisotopic (exact) mass is 378 g/mol. The van der Waals surface area contributed by atoms with E-state index in [9.17, 15) is 16.8 Å². The summed E-state index contributed by atoms with van der Waals surface area (Å²) >= 11 is 0. The topological polar surface area (TPSA) is 68.3 Å². The maximum Gasteiger partial charge on any atom is 0.232 e. The Bertz CT molecular complexity index is 490. The summed E-state index contributed by atoms with van der Waals surface area (Å²) in [5.41, 5.74) is 0. The van der Waals surface area contributed by atoms with E-state index >= 15 is 0 Å². The maximum atomic E-state index is 10.7. The summed E-state index contributed by atoms with van der Waals surface area (Å²) in [6.07, 6.45) is 10.0. The molecule has 2 fully saturated rings. The van der Waals surface area contributed by atoms with Crippen LogP contribution >= 0.6 is 21.4 Å². The van der Waals surface area contributed by atoms with E-state index in [-0.39, 0.29) is 11.5 Å². The van der Waals surface area contributed by atoms with Crippen LogP contribution in [0.1, 0.15) is 57.8 Å². The second kappa shape index (κ2) is 8.94. The minimum absolute atomic E-state index is 0.175. The molecule has 2 aliphatic carbocycles. The highest BCUT2D eigenvalue weighted by atomic mass is 35.7. The first-order valence-electron chi connectivity index (χ1n) is 7.50. The predicted octanol–water partition coefficient (Wildman–Crippen LogP) is 3.88. The quantitative estimate of drug-likeness (QED) is 0.695. The normalized spacial score (nSPS) is 21.8. The summed E-state index contributed by atoms with van der Waals surface area (Å²) in [4.78, 5) is 0. The van der Waals surface area contributed by atoms with E-state index in [4.69, 9.17) is 21.4 Å². The summed E-state index contributed by atoms with van der Waals surface area (Å²) < 4.78 is 42.4. The van der Waals surface area contributed by atoms with Crippen LogP contribution in [0.25, 0.3) is 0 Å². The highest BCUT2D eigenvalue weighted by molar-refractivity contribution is 8.14. The van der Waals surface area contributed by atoms with Gasteiger partial charge in [0.2, 0.25) is 18.1 Å². The third-order valence-electron chi connectivity index (χ3n) is 4.07. The average molecular weight is 379 g/mol. The molecule has 0 aromatic carbocycles. The van der Waals surface area contributed by atoms with Gasteiger partial charge in [-0.1, -0.05) is 32.1 Å². The van der Waals surface area contributed by atoms with Crippen LogP contribution in [0.2, 0.25) is 0 Å². The molecule has 0 heterocycles. The van der Waals surface area contributed by atoms with Crippen LogP contribution < -0.4 is 0 Å². The molecule has 0 N–H and O–H groups in total. The number of halogens is 2. The van der Waals surface area contributed by atoms with Crippen LogP contribution in [0.15, 0.2) is 0 Å². The SMILES string of the molecule is O=S(=O)(Cl)CC1CCCC1.O=S(=O)(Cl)CC1CCCCC1. The Morgan fingerprint density at radius 1 is 0.619 bits per heavy atom. The Balaban J connectivity index is 0.000000211. The first-order chi connectivity index (χ1) is 9.66. The van der Waals surface area contributed by atoms with Crippen molar-refractivity contribution in [3.63, 3.8) is 0 Å². The standard InChI is InChI=1S/C7H13ClO2S.C6H11ClO2S/c8-11(9,10)6-7-4-2-1-3-5-7;7-10(8,9)5-6-3-1-2-4-6/h7H,1-6H2;6H,1-5H2. The van der Waals surface area contributed by atoms with E-state index < -0.39 is 18.1 Å². The zero-order valence-electron chi connectivity index (χ0n) is 12.1. The van der Waals surface area contributed by atoms with E-state index in [1.54, 1.807) is 0 Å². The Labute approximate surface area is 137 Å². The predicted molar refractivity (Wildman–Crippen MR) is 87.8 cm³/mol. The minimum Gasteiger partial charge on any atom is -0.212 e. The van der Waals surface area contributed by atoms with Gasteiger partial charge in [0.1, 0.15) is 0 Å². The molecule has 8 heteroatoms. The van der Waals surface area contributed by atoms with E-state index in [1.165, 1.54) is 6.42 Å². The zero-order chi connectivity index (χ0) is 15.9. The van der Waals surface area contributed by atoms with Crippen molar-refractivity contribution < 1.29 is 16.8 Å². The molecule has 4 nitrogen and oxygen atoms in total. The van der Waals surface area contributed by atoms with Crippen LogP contribution in [-0.2, 0) is 18.1 Å². The van der Waals surface area contributed by atoms with Crippen molar-refractivity contribution in [2.24, 2.45) is 11.8 Å². The molecule has 0 amide bonds. The fraction of sp³-hybridized carbons (Fsp3) is 1.00. The molecule has 0 radical (unpaired) electrons. The van der Waals surface area contributed by atoms with Gasteiger partial charge in [-0.05, 0) is 37.5 Å². The van der Waals surface area contributed by atoms with Gasteiger partial charge in [0, 0.05) is 21.4 Å². The van der Waals surface area contributed by atoms with Crippen molar-refractivity contribution >= 4 is 39.5 Å². The fourth-order valence-corrected chi connectivity index (χ4v) is 5.96. The molecular formula is C13H24Cl2O4S2. The van der Waals surface area contributed by atoms with Gasteiger partial charge in [0.15, 0.2) is 0 Å². The first-order valence-corrected chi connectivity index (χ1v) is 12.5. The zero-order valence-corrected chi connectivity index (χ0v) is 15.3. The van der Waals surface area contributed by atoms with E-state index in [0.29, 0.717) is 11.8 Å². The first kappa shape index (κ1) is 19.5. The summed E-state index contributed by atoms with van der Waals surface area (Å²) in [6, 6.07) is 0. The molecule has 0 unspecified atom stereocenters. The molecule has 2 rings (SSSR count). The molecule has 0 aliphatic heterocycles. The van der Waals surface area contributed by atoms with Crippen LogP contribution in [-0.4, -0.2) is 28.3 Å². The van der Waals surface area contributed by atoms with Gasteiger partial charge in [-0.15, -0.1) is 0 Å². The van der Waals surface area contributed by atoms with Gasteiger partial charge >= 0.3 is 0 Å². The molecular weight excluding hydrogens is 355 g/mol. The third-order valence-corrected chi connectivity index (χ3v) is 6.56. The summed E-state index contributed by atoms with van der Waals surface area (Å²) in [5.74, 6) is 1.01. The van der Waals surface area contributed by atoms with Gasteiger partial charge in [-0.25, -0.2) is 16.8 Å². The molecule has 2 saturated carbocycles. The smallest absolute Gasteiger partial charge is 0.212 e. The summed E-state index contributed by atoms with van der Waals surface area (Å²) in [6.45, 7) is 0. The highest BCUT2D eigenvalue weighted by Crippen LogP contribution is 2.27. The van der Waals surface area contributed by atoms with Crippen molar-refractivity contribution in [2.45, 2.75) is 57.8 Å². The number of rotatable bonds is 4. The Morgan fingerprint density at radius 2 is 0.905 bits per heavy atom. The van der Waals surface area contributed by atoms with Gasteiger partial charge in [-0.2, -0.15) is 0 Å². The number of hydrogen-bond acceptors (Lipinski definition) is 4. The lowest BCUT2D eigenvalue weighted by Gasteiger charge is -2.19. The van der Waals surface area contributed by atoms with Crippen LogP contribution in [0.4, 0.5) is 0 Å². The van der Waals surface area contributed by atoms with Gasteiger partial charge in [0.05, 0.1) is 11.5 Å². The third kappa shape index (κ3) is 10.8. The average Bonchev–Trinajstić information content (AvgIpc) is 2.79. The van der Waals surface area contributed by atoms with Gasteiger partial charge < -0.3 is 0 Å². The van der Waals surface area contributed by atoms with Gasteiger partial charge in [-0.3, -0.25) is 0 Å². The number of hydrogen-bond donors (Lipinski definition) is 0. The Morgan fingerprint density at radius 3 is 1.19 bits per heavy atom. The van der Waals surface area contributed by atoms with Crippen LogP contribution in [0.5, 0.6) is 0 Å². The maximum absolute atomic E-state index is 10.7. The molecule has 0 aromatic rings. The fourth-order valence-electron chi connectivity index (χ4n) is 3.09. The lowest BCUT2D eigenvalue weighted by Crippen LogP contribution is -2.14. The highest BCUT2D eigenvalue weighted by Gasteiger charge is 2.20. The molecule has 0 atom stereocenters. The molecule has 0 bridgehead atoms. The van der Waals surface area contributed by atoms with Crippen molar-refractivity contribution in [2.75, 3.05) is 11.5 Å². The lowest BCUT2D eigenvalue weighted by molar-refractivity contribution is 0.386. The molecule has 0 saturated heterocycles. The van der Waals surface area contributed by atoms with E-state index in [0.717, 1.165) is 51.4 Å². The molecule has 2 aliphatic rings. The molecule has 21 heavy (non-hydrogen) atoms. The lowest BCUT2D eigenvalue weighted by atomic mass is 9.91. The minimum atomic E-state index is -3.25. The van der Waals surface area contributed by atoms with Crippen molar-refractivity contribution in [3.05, 3.63) is 0 Å². The largest absolute Gasteiger partial charge is 0.232 e. The molecule has 126 valence electrons. The molecule has 0 spiro atoms. The van der Waals surface area contributed by atoms with Crippen molar-refractivity contribution in [3.8, 4) is 0 Å². The Hall–Kier alpha value is 0.480. The van der Waals surface area contributed by atoms with Crippen LogP contribution in [0, 0.1) is 11.8 Å². The summed E-state index contributed by atoms with van der Waals surface area (Å²) in [5, 5.41) is 0. The second-order valence-corrected chi connectivity index (χ2v) is 11.7. The van der Waals surface area contributed by atoms with E-state index in [2.05, 4.69) is 0 Å². The second-order valence-electron chi connectivity index (χ2n) is 6.07. The van der Waals surface area contributed by atoms with Crippen molar-refractivity contribution in [1.82, 2.24) is 0 Å².